The van der Waals surface area contributed by atoms with Gasteiger partial charge in [-0.25, -0.2) is 0 Å². The van der Waals surface area contributed by atoms with Crippen molar-refractivity contribution in [2.45, 2.75) is 46.5 Å². The summed E-state index contributed by atoms with van der Waals surface area (Å²) in [4.78, 5) is 22.9. The number of Topliss-reactive ketones (excluding diaryl/α,β-unsaturated/α-hetero) is 1. The second-order valence-electron chi connectivity index (χ2n) is 5.03. The molecule has 1 aromatic carbocycles. The molecule has 0 saturated carbocycles. The lowest BCUT2D eigenvalue weighted by atomic mass is 9.92. The van der Waals surface area contributed by atoms with Gasteiger partial charge in [-0.05, 0) is 36.0 Å². The van der Waals surface area contributed by atoms with Crippen molar-refractivity contribution in [3.63, 3.8) is 0 Å². The summed E-state index contributed by atoms with van der Waals surface area (Å²) in [5.74, 6) is -0.917. The Balaban J connectivity index is 2.88. The molecule has 0 aliphatic carbocycles. The molecule has 1 rings (SSSR count). The van der Waals surface area contributed by atoms with Crippen LogP contribution in [0.15, 0.2) is 18.2 Å². The number of carboxylic acids is 1. The molecule has 3 heteroatoms. The van der Waals surface area contributed by atoms with Gasteiger partial charge in [0, 0.05) is 18.4 Å². The zero-order chi connectivity index (χ0) is 14.4. The highest BCUT2D eigenvalue weighted by molar-refractivity contribution is 5.98. The van der Waals surface area contributed by atoms with E-state index in [0.29, 0.717) is 6.42 Å². The van der Waals surface area contributed by atoms with E-state index in [1.165, 1.54) is 0 Å². The number of carbonyl (C=O) groups excluding carboxylic acids is 1. The van der Waals surface area contributed by atoms with Crippen LogP contribution in [0.2, 0.25) is 0 Å². The molecule has 3 nitrogen and oxygen atoms in total. The van der Waals surface area contributed by atoms with Crippen molar-refractivity contribution in [2.24, 2.45) is 5.92 Å². The van der Waals surface area contributed by atoms with Gasteiger partial charge in [0.15, 0.2) is 5.78 Å². The zero-order valence-corrected chi connectivity index (χ0v) is 11.9. The molecule has 1 N–H and O–H groups in total. The lowest BCUT2D eigenvalue weighted by Gasteiger charge is -2.12. The largest absolute Gasteiger partial charge is 0.481 e. The first-order valence-corrected chi connectivity index (χ1v) is 6.84. The number of hydrogen-bond donors (Lipinski definition) is 1. The molecule has 0 fully saturated rings. The van der Waals surface area contributed by atoms with Crippen LogP contribution in [0, 0.1) is 5.92 Å². The van der Waals surface area contributed by atoms with Crippen molar-refractivity contribution >= 4 is 11.8 Å². The molecule has 1 unspecified atom stereocenters. The standard InChI is InChI=1S/C16H22O3/c1-4-12-6-7-13(5-2)14(10-12)15(17)8-11(3)9-16(18)19/h6-7,10-11H,4-5,8-9H2,1-3H3,(H,18,19). The first kappa shape index (κ1) is 15.4. The predicted octanol–water partition coefficient (Wildman–Crippen LogP) is 3.50. The number of benzene rings is 1. The summed E-state index contributed by atoms with van der Waals surface area (Å²) in [6, 6.07) is 6.01. The Morgan fingerprint density at radius 1 is 1.16 bits per heavy atom. The topological polar surface area (TPSA) is 54.4 Å². The van der Waals surface area contributed by atoms with Gasteiger partial charge in [-0.1, -0.05) is 32.9 Å². The van der Waals surface area contributed by atoms with Crippen LogP contribution < -0.4 is 0 Å². The number of aryl methyl sites for hydroxylation is 2. The van der Waals surface area contributed by atoms with Crippen molar-refractivity contribution in [1.29, 1.82) is 0 Å². The Morgan fingerprint density at radius 3 is 2.37 bits per heavy atom. The normalized spacial score (nSPS) is 12.2. The molecule has 1 atom stereocenters. The van der Waals surface area contributed by atoms with Gasteiger partial charge in [-0.3, -0.25) is 9.59 Å². The van der Waals surface area contributed by atoms with Crippen LogP contribution in [0.4, 0.5) is 0 Å². The average Bonchev–Trinajstić information content (AvgIpc) is 2.36. The predicted molar refractivity (Wildman–Crippen MR) is 75.6 cm³/mol. The summed E-state index contributed by atoms with van der Waals surface area (Å²) < 4.78 is 0. The second-order valence-corrected chi connectivity index (χ2v) is 5.03. The summed E-state index contributed by atoms with van der Waals surface area (Å²) in [5, 5.41) is 8.74. The first-order valence-electron chi connectivity index (χ1n) is 6.84. The van der Waals surface area contributed by atoms with E-state index in [-0.39, 0.29) is 18.1 Å². The second kappa shape index (κ2) is 7.07. The van der Waals surface area contributed by atoms with E-state index < -0.39 is 5.97 Å². The molecular formula is C16H22O3. The maximum absolute atomic E-state index is 12.3. The Bertz CT molecular complexity index is 463. The van der Waals surface area contributed by atoms with E-state index in [2.05, 4.69) is 13.0 Å². The molecule has 104 valence electrons. The molecule has 1 aromatic rings. The third-order valence-electron chi connectivity index (χ3n) is 3.32. The summed E-state index contributed by atoms with van der Waals surface area (Å²) in [7, 11) is 0. The van der Waals surface area contributed by atoms with Crippen molar-refractivity contribution in [2.75, 3.05) is 0 Å². The monoisotopic (exact) mass is 262 g/mol. The molecule has 0 aliphatic rings. The fourth-order valence-corrected chi connectivity index (χ4v) is 2.21. The van der Waals surface area contributed by atoms with Crippen LogP contribution in [0.3, 0.4) is 0 Å². The Morgan fingerprint density at radius 2 is 1.84 bits per heavy atom. The zero-order valence-electron chi connectivity index (χ0n) is 11.9. The molecule has 19 heavy (non-hydrogen) atoms. The molecule has 0 bridgehead atoms. The molecule has 0 amide bonds. The SMILES string of the molecule is CCc1ccc(CC)c(C(=O)CC(C)CC(=O)O)c1. The van der Waals surface area contributed by atoms with E-state index >= 15 is 0 Å². The average molecular weight is 262 g/mol. The molecule has 0 spiro atoms. The lowest BCUT2D eigenvalue weighted by Crippen LogP contribution is -2.12. The highest BCUT2D eigenvalue weighted by Crippen LogP contribution is 2.19. The van der Waals surface area contributed by atoms with Crippen LogP contribution in [0.25, 0.3) is 0 Å². The van der Waals surface area contributed by atoms with Crippen LogP contribution in [0.1, 0.15) is 55.1 Å². The smallest absolute Gasteiger partial charge is 0.303 e. The van der Waals surface area contributed by atoms with Gasteiger partial charge < -0.3 is 5.11 Å². The van der Waals surface area contributed by atoms with Gasteiger partial charge in [-0.2, -0.15) is 0 Å². The van der Waals surface area contributed by atoms with Crippen molar-refractivity contribution in [3.05, 3.63) is 34.9 Å². The molecule has 0 aliphatic heterocycles. The number of ketones is 1. The first-order chi connectivity index (χ1) is 8.97. The summed E-state index contributed by atoms with van der Waals surface area (Å²) in [5.41, 5.74) is 2.95. The van der Waals surface area contributed by atoms with E-state index in [1.54, 1.807) is 6.92 Å². The number of hydrogen-bond acceptors (Lipinski definition) is 2. The van der Waals surface area contributed by atoms with E-state index in [0.717, 1.165) is 29.5 Å². The molecule has 0 radical (unpaired) electrons. The fourth-order valence-electron chi connectivity index (χ4n) is 2.21. The summed E-state index contributed by atoms with van der Waals surface area (Å²) in [6.45, 7) is 5.89. The van der Waals surface area contributed by atoms with Gasteiger partial charge in [0.2, 0.25) is 0 Å². The van der Waals surface area contributed by atoms with Crippen LogP contribution >= 0.6 is 0 Å². The Hall–Kier alpha value is -1.64. The van der Waals surface area contributed by atoms with Gasteiger partial charge in [0.25, 0.3) is 0 Å². The van der Waals surface area contributed by atoms with Gasteiger partial charge in [0.05, 0.1) is 0 Å². The number of carboxylic acid groups (broad SMARTS) is 1. The molecule has 0 saturated heterocycles. The van der Waals surface area contributed by atoms with E-state index in [1.807, 2.05) is 19.1 Å². The van der Waals surface area contributed by atoms with Crippen molar-refractivity contribution in [3.8, 4) is 0 Å². The maximum Gasteiger partial charge on any atom is 0.303 e. The highest BCUT2D eigenvalue weighted by Gasteiger charge is 2.16. The van der Waals surface area contributed by atoms with Crippen LogP contribution in [-0.2, 0) is 17.6 Å². The van der Waals surface area contributed by atoms with Gasteiger partial charge >= 0.3 is 5.97 Å². The highest BCUT2D eigenvalue weighted by atomic mass is 16.4. The quantitative estimate of drug-likeness (QED) is 0.765. The minimum Gasteiger partial charge on any atom is -0.481 e. The van der Waals surface area contributed by atoms with E-state index in [9.17, 15) is 9.59 Å². The minimum atomic E-state index is -0.849. The number of rotatable bonds is 7. The lowest BCUT2D eigenvalue weighted by molar-refractivity contribution is -0.137. The summed E-state index contributed by atoms with van der Waals surface area (Å²) in [6.07, 6.45) is 2.06. The third-order valence-corrected chi connectivity index (χ3v) is 3.32. The Kier molecular flexibility index (Phi) is 5.74. The summed E-state index contributed by atoms with van der Waals surface area (Å²) >= 11 is 0. The van der Waals surface area contributed by atoms with Crippen LogP contribution in [0.5, 0.6) is 0 Å². The van der Waals surface area contributed by atoms with Crippen LogP contribution in [-0.4, -0.2) is 16.9 Å². The Labute approximate surface area is 114 Å². The number of carbonyl (C=O) groups is 2. The molecule has 0 aromatic heterocycles. The van der Waals surface area contributed by atoms with Crippen molar-refractivity contribution in [1.82, 2.24) is 0 Å². The number of aliphatic carboxylic acids is 1. The minimum absolute atomic E-state index is 0.0423. The third kappa shape index (κ3) is 4.51. The van der Waals surface area contributed by atoms with Gasteiger partial charge in [-0.15, -0.1) is 0 Å². The molecule has 0 heterocycles. The van der Waals surface area contributed by atoms with Gasteiger partial charge in [0.1, 0.15) is 0 Å². The maximum atomic E-state index is 12.3. The van der Waals surface area contributed by atoms with E-state index in [4.69, 9.17) is 5.11 Å². The fraction of sp³-hybridized carbons (Fsp3) is 0.500. The van der Waals surface area contributed by atoms with Crippen molar-refractivity contribution < 1.29 is 14.7 Å². The molecular weight excluding hydrogens is 240 g/mol.